The molecule has 5 aliphatic heterocycles. The van der Waals surface area contributed by atoms with E-state index in [0.717, 1.165) is 88.5 Å². The molecule has 5 saturated heterocycles. The van der Waals surface area contributed by atoms with Gasteiger partial charge in [0.1, 0.15) is 6.10 Å². The molecule has 0 aromatic rings. The summed E-state index contributed by atoms with van der Waals surface area (Å²) >= 11 is 0. The van der Waals surface area contributed by atoms with Crippen LogP contribution in [0.3, 0.4) is 0 Å². The molecule has 1 amide bonds. The maximum atomic E-state index is 12.9. The first kappa shape index (κ1) is 38.3. The van der Waals surface area contributed by atoms with Gasteiger partial charge >= 0.3 is 6.09 Å². The van der Waals surface area contributed by atoms with Crippen LogP contribution in [-0.2, 0) is 18.9 Å². The van der Waals surface area contributed by atoms with Crippen molar-refractivity contribution in [3.05, 3.63) is 0 Å². The van der Waals surface area contributed by atoms with Gasteiger partial charge in [0.15, 0.2) is 0 Å². The van der Waals surface area contributed by atoms with Crippen molar-refractivity contribution in [2.75, 3.05) is 92.7 Å². The van der Waals surface area contributed by atoms with E-state index in [1.165, 1.54) is 110 Å². The number of carbonyl (C=O) groups is 1. The van der Waals surface area contributed by atoms with Gasteiger partial charge in [0.25, 0.3) is 0 Å². The Hall–Kier alpha value is -1.01. The molecule has 2 saturated carbocycles. The average Bonchev–Trinajstić information content (AvgIpc) is 3.12. The lowest BCUT2D eigenvalue weighted by molar-refractivity contribution is -0.125. The van der Waals surface area contributed by atoms with Gasteiger partial charge in [-0.25, -0.2) is 4.79 Å². The summed E-state index contributed by atoms with van der Waals surface area (Å²) in [6.07, 6.45) is 19.4. The van der Waals surface area contributed by atoms with Crippen molar-refractivity contribution >= 4 is 6.09 Å². The molecule has 0 aromatic carbocycles. The first-order valence-corrected chi connectivity index (χ1v) is 21.5. The summed E-state index contributed by atoms with van der Waals surface area (Å²) in [5, 5.41) is 0. The third kappa shape index (κ3) is 10.8. The number of ether oxygens (including phenoxy) is 4. The molecule has 10 nitrogen and oxygen atoms in total. The normalized spacial score (nSPS) is 33.2. The molecule has 292 valence electrons. The predicted octanol–water partition coefficient (Wildman–Crippen LogP) is 5.34. The summed E-state index contributed by atoms with van der Waals surface area (Å²) in [7, 11) is 4.04. The van der Waals surface area contributed by atoms with Crippen molar-refractivity contribution in [1.29, 1.82) is 0 Å². The van der Waals surface area contributed by atoms with Crippen LogP contribution in [0.25, 0.3) is 0 Å². The SMILES string of the molecule is CO[C@H]1C[C@H](OC2CCN(C(=O)OC3CCN(CCC(C)C4CCN(C5CC(OC6CCN(CC7CCN(C)CC7)CC6)C5)CC4)CC3)CC2)C1. The highest BCUT2D eigenvalue weighted by Crippen LogP contribution is 2.36. The standard InChI is InChI=1S/C41H73N5O5/c1-31(4-17-43-18-9-37(10-19-43)51-41(47)46-24-13-36(14-25-46)50-40-28-38(29-40)48-3)33-7-22-45(23-8-33)34-26-39(27-34)49-35-11-20-44(21-12-35)30-32-5-15-42(2)16-6-32/h31-40H,4-30H2,1-3H3/t31?,34?,38-,39?,40-. The van der Waals surface area contributed by atoms with E-state index in [0.29, 0.717) is 24.4 Å². The average molecular weight is 716 g/mol. The topological polar surface area (TPSA) is 70.2 Å². The Kier molecular flexibility index (Phi) is 13.9. The zero-order chi connectivity index (χ0) is 35.2. The van der Waals surface area contributed by atoms with Gasteiger partial charge in [0, 0.05) is 59.0 Å². The molecule has 51 heavy (non-hydrogen) atoms. The summed E-state index contributed by atoms with van der Waals surface area (Å²) in [6, 6.07) is 0.758. The first-order valence-electron chi connectivity index (χ1n) is 21.5. The van der Waals surface area contributed by atoms with E-state index in [1.54, 1.807) is 7.11 Å². The van der Waals surface area contributed by atoms with Gasteiger partial charge < -0.3 is 43.4 Å². The molecular weight excluding hydrogens is 642 g/mol. The molecule has 0 aromatic heterocycles. The Morgan fingerprint density at radius 2 is 1.20 bits per heavy atom. The summed E-state index contributed by atoms with van der Waals surface area (Å²) in [4.78, 5) is 25.4. The van der Waals surface area contributed by atoms with E-state index >= 15 is 0 Å². The highest BCUT2D eigenvalue weighted by molar-refractivity contribution is 5.68. The van der Waals surface area contributed by atoms with Crippen LogP contribution in [0.1, 0.15) is 103 Å². The second-order valence-electron chi connectivity index (χ2n) is 18.0. The number of likely N-dealkylation sites (tertiary alicyclic amines) is 5. The van der Waals surface area contributed by atoms with Gasteiger partial charge in [0.05, 0.1) is 30.5 Å². The number of amides is 1. The van der Waals surface area contributed by atoms with Crippen molar-refractivity contribution in [2.45, 2.75) is 146 Å². The number of rotatable bonds is 13. The summed E-state index contributed by atoms with van der Waals surface area (Å²) in [5.74, 6) is 2.55. The molecule has 1 atom stereocenters. The summed E-state index contributed by atoms with van der Waals surface area (Å²) in [5.41, 5.74) is 0. The molecule has 7 rings (SSSR count). The van der Waals surface area contributed by atoms with Gasteiger partial charge in [-0.2, -0.15) is 0 Å². The van der Waals surface area contributed by atoms with Crippen LogP contribution in [0, 0.1) is 17.8 Å². The zero-order valence-electron chi connectivity index (χ0n) is 32.6. The minimum Gasteiger partial charge on any atom is -0.446 e. The van der Waals surface area contributed by atoms with Crippen LogP contribution < -0.4 is 0 Å². The smallest absolute Gasteiger partial charge is 0.410 e. The number of hydrogen-bond donors (Lipinski definition) is 0. The maximum Gasteiger partial charge on any atom is 0.410 e. The van der Waals surface area contributed by atoms with E-state index in [9.17, 15) is 4.79 Å². The quantitative estimate of drug-likeness (QED) is 0.252. The highest BCUT2D eigenvalue weighted by atomic mass is 16.6. The number of hydrogen-bond acceptors (Lipinski definition) is 9. The lowest BCUT2D eigenvalue weighted by Crippen LogP contribution is -2.52. The molecule has 1 unspecified atom stereocenters. The number of methoxy groups -OCH3 is 1. The van der Waals surface area contributed by atoms with Crippen molar-refractivity contribution in [2.24, 2.45) is 17.8 Å². The molecule has 0 radical (unpaired) electrons. The van der Waals surface area contributed by atoms with Crippen LogP contribution >= 0.6 is 0 Å². The minimum atomic E-state index is -0.117. The highest BCUT2D eigenvalue weighted by Gasteiger charge is 2.39. The first-order chi connectivity index (χ1) is 24.9. The van der Waals surface area contributed by atoms with Crippen molar-refractivity contribution in [1.82, 2.24) is 24.5 Å². The van der Waals surface area contributed by atoms with Gasteiger partial charge in [-0.15, -0.1) is 0 Å². The fourth-order valence-electron chi connectivity index (χ4n) is 10.3. The van der Waals surface area contributed by atoms with Gasteiger partial charge in [-0.1, -0.05) is 6.92 Å². The Bertz CT molecular complexity index is 1030. The second kappa shape index (κ2) is 18.5. The fourth-order valence-corrected chi connectivity index (χ4v) is 10.3. The van der Waals surface area contributed by atoms with Crippen molar-refractivity contribution < 1.29 is 23.7 Å². The number of piperidine rings is 5. The van der Waals surface area contributed by atoms with Crippen LogP contribution in [0.15, 0.2) is 0 Å². The third-order valence-electron chi connectivity index (χ3n) is 14.4. The molecule has 5 heterocycles. The van der Waals surface area contributed by atoms with Crippen molar-refractivity contribution in [3.63, 3.8) is 0 Å². The molecule has 0 spiro atoms. The Morgan fingerprint density at radius 1 is 0.627 bits per heavy atom. The number of carbonyl (C=O) groups excluding carboxylic acids is 1. The molecule has 10 heteroatoms. The maximum absolute atomic E-state index is 12.9. The van der Waals surface area contributed by atoms with Gasteiger partial charge in [0.2, 0.25) is 0 Å². The molecule has 7 fully saturated rings. The fraction of sp³-hybridized carbons (Fsp3) is 0.976. The van der Waals surface area contributed by atoms with E-state index in [1.807, 2.05) is 4.90 Å². The van der Waals surface area contributed by atoms with Crippen LogP contribution in [-0.4, -0.2) is 166 Å². The lowest BCUT2D eigenvalue weighted by Gasteiger charge is -2.47. The number of nitrogens with zero attached hydrogens (tertiary/aromatic N) is 5. The van der Waals surface area contributed by atoms with E-state index in [2.05, 4.69) is 33.6 Å². The van der Waals surface area contributed by atoms with E-state index in [-0.39, 0.29) is 18.3 Å². The molecule has 2 aliphatic carbocycles. The molecule has 0 N–H and O–H groups in total. The largest absolute Gasteiger partial charge is 0.446 e. The zero-order valence-corrected chi connectivity index (χ0v) is 32.6. The summed E-state index contributed by atoms with van der Waals surface area (Å²) in [6.45, 7) is 16.2. The minimum absolute atomic E-state index is 0.0637. The monoisotopic (exact) mass is 716 g/mol. The van der Waals surface area contributed by atoms with E-state index in [4.69, 9.17) is 18.9 Å². The van der Waals surface area contributed by atoms with E-state index < -0.39 is 0 Å². The van der Waals surface area contributed by atoms with Gasteiger partial charge in [-0.3, -0.25) is 0 Å². The molecule has 7 aliphatic rings. The van der Waals surface area contributed by atoms with Crippen LogP contribution in [0.2, 0.25) is 0 Å². The van der Waals surface area contributed by atoms with Crippen LogP contribution in [0.4, 0.5) is 4.79 Å². The Balaban J connectivity index is 0.695. The molecule has 0 bridgehead atoms. The second-order valence-corrected chi connectivity index (χ2v) is 18.0. The van der Waals surface area contributed by atoms with Crippen LogP contribution in [0.5, 0.6) is 0 Å². The summed E-state index contributed by atoms with van der Waals surface area (Å²) < 4.78 is 24.2. The van der Waals surface area contributed by atoms with Crippen molar-refractivity contribution in [3.8, 4) is 0 Å². The lowest BCUT2D eigenvalue weighted by atomic mass is 9.80. The Labute approximate surface area is 310 Å². The predicted molar refractivity (Wildman–Crippen MR) is 201 cm³/mol. The third-order valence-corrected chi connectivity index (χ3v) is 14.4. The Morgan fingerprint density at radius 3 is 1.82 bits per heavy atom. The molecular formula is C41H73N5O5. The van der Waals surface area contributed by atoms with Gasteiger partial charge in [-0.05, 0) is 154 Å².